The second-order valence-electron chi connectivity index (χ2n) is 5.58. The van der Waals surface area contributed by atoms with Crippen molar-refractivity contribution in [3.63, 3.8) is 0 Å². The number of thioether (sulfide) groups is 1. The molecule has 0 unspecified atom stereocenters. The van der Waals surface area contributed by atoms with Crippen LogP contribution in [0.15, 0.2) is 29.2 Å². The number of carboxylic acid groups (broad SMARTS) is 1. The van der Waals surface area contributed by atoms with E-state index in [0.717, 1.165) is 9.90 Å². The lowest BCUT2D eigenvalue weighted by molar-refractivity contribution is 0.0699. The molecule has 21 heavy (non-hydrogen) atoms. The molecule has 0 saturated carbocycles. The van der Waals surface area contributed by atoms with Gasteiger partial charge in [-0.1, -0.05) is 32.4 Å². The molecule has 0 saturated heterocycles. The third kappa shape index (κ3) is 4.22. The van der Waals surface area contributed by atoms with Gasteiger partial charge in [0, 0.05) is 15.3 Å². The summed E-state index contributed by atoms with van der Waals surface area (Å²) in [5.41, 5.74) is 0.389. The third-order valence-electron chi connectivity index (χ3n) is 2.75. The topological polar surface area (TPSA) is 50.2 Å². The maximum Gasteiger partial charge on any atom is 0.347 e. The van der Waals surface area contributed by atoms with Crippen LogP contribution in [0, 0.1) is 0 Å². The number of aromatic nitrogens is 1. The molecule has 0 aliphatic heterocycles. The van der Waals surface area contributed by atoms with Crippen LogP contribution in [0.3, 0.4) is 0 Å². The lowest BCUT2D eigenvalue weighted by Crippen LogP contribution is -2.16. The summed E-state index contributed by atoms with van der Waals surface area (Å²) >= 11 is 8.74. The average molecular weight is 342 g/mol. The fraction of sp³-hybridized carbons (Fsp3) is 0.333. The Balaban J connectivity index is 2.17. The Hall–Kier alpha value is -1.04. The van der Waals surface area contributed by atoms with Gasteiger partial charge in [0.15, 0.2) is 0 Å². The van der Waals surface area contributed by atoms with E-state index in [9.17, 15) is 9.90 Å². The van der Waals surface area contributed by atoms with Gasteiger partial charge in [-0.3, -0.25) is 0 Å². The van der Waals surface area contributed by atoms with Crippen molar-refractivity contribution >= 4 is 40.7 Å². The number of rotatable bonds is 4. The van der Waals surface area contributed by atoms with Crippen LogP contribution in [0.1, 0.15) is 41.1 Å². The molecular weight excluding hydrogens is 326 g/mol. The zero-order valence-electron chi connectivity index (χ0n) is 12.0. The van der Waals surface area contributed by atoms with Gasteiger partial charge in [-0.15, -0.1) is 23.1 Å². The second-order valence-corrected chi connectivity index (χ2v) is 8.15. The van der Waals surface area contributed by atoms with Crippen LogP contribution in [-0.4, -0.2) is 16.1 Å². The van der Waals surface area contributed by atoms with Gasteiger partial charge in [-0.2, -0.15) is 0 Å². The number of thiazole rings is 1. The predicted molar refractivity (Wildman–Crippen MR) is 88.8 cm³/mol. The molecule has 6 heteroatoms. The summed E-state index contributed by atoms with van der Waals surface area (Å²) in [5.74, 6) is -0.247. The minimum atomic E-state index is -0.903. The molecule has 2 aromatic rings. The van der Waals surface area contributed by atoms with Gasteiger partial charge in [0.2, 0.25) is 0 Å². The van der Waals surface area contributed by atoms with Crippen molar-refractivity contribution in [1.82, 2.24) is 4.98 Å². The van der Waals surface area contributed by atoms with Gasteiger partial charge in [0.1, 0.15) is 9.88 Å². The number of carbonyl (C=O) groups is 1. The van der Waals surface area contributed by atoms with Crippen molar-refractivity contribution < 1.29 is 9.90 Å². The highest BCUT2D eigenvalue weighted by Gasteiger charge is 2.26. The summed E-state index contributed by atoms with van der Waals surface area (Å²) in [4.78, 5) is 17.3. The first-order valence-electron chi connectivity index (χ1n) is 6.39. The smallest absolute Gasteiger partial charge is 0.347 e. The normalized spacial score (nSPS) is 11.6. The maximum atomic E-state index is 11.3. The Labute approximate surface area is 137 Å². The summed E-state index contributed by atoms with van der Waals surface area (Å²) in [6, 6.07) is 7.58. The highest BCUT2D eigenvalue weighted by atomic mass is 35.5. The highest BCUT2D eigenvalue weighted by molar-refractivity contribution is 7.98. The largest absolute Gasteiger partial charge is 0.477 e. The van der Waals surface area contributed by atoms with E-state index < -0.39 is 5.97 Å². The third-order valence-corrected chi connectivity index (χ3v) is 5.25. The zero-order chi connectivity index (χ0) is 15.6. The quantitative estimate of drug-likeness (QED) is 0.787. The lowest BCUT2D eigenvalue weighted by atomic mass is 9.91. The Morgan fingerprint density at radius 2 is 1.95 bits per heavy atom. The number of halogens is 1. The molecule has 0 amide bonds. The number of hydrogen-bond acceptors (Lipinski definition) is 4. The number of hydrogen-bond donors (Lipinski definition) is 1. The SMILES string of the molecule is CC(C)(C)c1nc(CSc2ccc(Cl)cc2)sc1C(=O)O. The van der Waals surface area contributed by atoms with E-state index in [4.69, 9.17) is 11.6 Å². The van der Waals surface area contributed by atoms with Crippen LogP contribution >= 0.6 is 34.7 Å². The van der Waals surface area contributed by atoms with Crippen molar-refractivity contribution in [3.05, 3.63) is 44.9 Å². The zero-order valence-corrected chi connectivity index (χ0v) is 14.4. The molecule has 2 rings (SSSR count). The average Bonchev–Trinajstić information content (AvgIpc) is 2.82. The summed E-state index contributed by atoms with van der Waals surface area (Å²) < 4.78 is 0. The molecule has 0 atom stereocenters. The second kappa shape index (κ2) is 6.38. The summed E-state index contributed by atoms with van der Waals surface area (Å²) in [6.07, 6.45) is 0. The van der Waals surface area contributed by atoms with E-state index in [1.54, 1.807) is 11.8 Å². The molecule has 0 radical (unpaired) electrons. The van der Waals surface area contributed by atoms with Crippen molar-refractivity contribution in [3.8, 4) is 0 Å². The first kappa shape index (κ1) is 16.3. The molecule has 0 aliphatic rings. The van der Waals surface area contributed by atoms with Crippen LogP contribution < -0.4 is 0 Å². The Morgan fingerprint density at radius 1 is 1.33 bits per heavy atom. The predicted octanol–water partition coefficient (Wildman–Crippen LogP) is 5.08. The molecule has 3 nitrogen and oxygen atoms in total. The van der Waals surface area contributed by atoms with Crippen LogP contribution in [-0.2, 0) is 11.2 Å². The molecule has 1 aromatic carbocycles. The Kier molecular flexibility index (Phi) is 4.96. The van der Waals surface area contributed by atoms with E-state index in [-0.39, 0.29) is 5.41 Å². The van der Waals surface area contributed by atoms with Crippen molar-refractivity contribution in [1.29, 1.82) is 0 Å². The van der Waals surface area contributed by atoms with Crippen LogP contribution in [0.2, 0.25) is 5.02 Å². The van der Waals surface area contributed by atoms with E-state index in [0.29, 0.717) is 21.3 Å². The molecule has 1 heterocycles. The van der Waals surface area contributed by atoms with Crippen LogP contribution in [0.5, 0.6) is 0 Å². The van der Waals surface area contributed by atoms with Crippen molar-refractivity contribution in [2.45, 2.75) is 36.8 Å². The molecule has 0 aliphatic carbocycles. The van der Waals surface area contributed by atoms with E-state index in [1.165, 1.54) is 11.3 Å². The van der Waals surface area contributed by atoms with Gasteiger partial charge < -0.3 is 5.11 Å². The summed E-state index contributed by atoms with van der Waals surface area (Å²) in [5, 5.41) is 10.8. The first-order chi connectivity index (χ1) is 9.77. The number of aromatic carboxylic acids is 1. The minimum absolute atomic E-state index is 0.270. The van der Waals surface area contributed by atoms with Gasteiger partial charge in [-0.05, 0) is 24.3 Å². The van der Waals surface area contributed by atoms with Crippen molar-refractivity contribution in [2.24, 2.45) is 0 Å². The summed E-state index contributed by atoms with van der Waals surface area (Å²) in [6.45, 7) is 5.93. The summed E-state index contributed by atoms with van der Waals surface area (Å²) in [7, 11) is 0. The molecule has 0 fully saturated rings. The van der Waals surface area contributed by atoms with E-state index in [1.807, 2.05) is 45.0 Å². The molecule has 0 bridgehead atoms. The van der Waals surface area contributed by atoms with Gasteiger partial charge in [0.25, 0.3) is 0 Å². The van der Waals surface area contributed by atoms with E-state index >= 15 is 0 Å². The molecule has 112 valence electrons. The highest BCUT2D eigenvalue weighted by Crippen LogP contribution is 2.32. The van der Waals surface area contributed by atoms with Gasteiger partial charge in [-0.25, -0.2) is 9.78 Å². The van der Waals surface area contributed by atoms with Crippen LogP contribution in [0.4, 0.5) is 0 Å². The number of benzene rings is 1. The Bertz CT molecular complexity index is 645. The maximum absolute atomic E-state index is 11.3. The lowest BCUT2D eigenvalue weighted by Gasteiger charge is -2.16. The van der Waals surface area contributed by atoms with Crippen molar-refractivity contribution in [2.75, 3.05) is 0 Å². The van der Waals surface area contributed by atoms with Crippen LogP contribution in [0.25, 0.3) is 0 Å². The fourth-order valence-electron chi connectivity index (χ4n) is 1.76. The van der Waals surface area contributed by atoms with E-state index in [2.05, 4.69) is 4.98 Å². The molecule has 1 aromatic heterocycles. The standard InChI is InChI=1S/C15H16ClNO2S2/c1-15(2,3)13-12(14(18)19)21-11(17-13)8-20-10-6-4-9(16)5-7-10/h4-7H,8H2,1-3H3,(H,18,19). The first-order valence-corrected chi connectivity index (χ1v) is 8.57. The number of carboxylic acids is 1. The molecule has 1 N–H and O–H groups in total. The van der Waals surface area contributed by atoms with Gasteiger partial charge in [0.05, 0.1) is 11.4 Å². The Morgan fingerprint density at radius 3 is 2.43 bits per heavy atom. The molecule has 0 spiro atoms. The minimum Gasteiger partial charge on any atom is -0.477 e. The monoisotopic (exact) mass is 341 g/mol. The number of nitrogens with zero attached hydrogens (tertiary/aromatic N) is 1. The fourth-order valence-corrected chi connectivity index (χ4v) is 3.89. The van der Waals surface area contributed by atoms with Gasteiger partial charge >= 0.3 is 5.97 Å². The molecular formula is C15H16ClNO2S2.